The van der Waals surface area contributed by atoms with Crippen molar-refractivity contribution in [3.8, 4) is 0 Å². The molecule has 33 heavy (non-hydrogen) atoms. The summed E-state index contributed by atoms with van der Waals surface area (Å²) >= 11 is 6.01. The number of hydrazone groups is 1. The molecule has 3 rings (SSSR count). The van der Waals surface area contributed by atoms with E-state index in [1.54, 1.807) is 42.5 Å². The van der Waals surface area contributed by atoms with Crippen LogP contribution in [0.5, 0.6) is 0 Å². The Morgan fingerprint density at radius 3 is 2.42 bits per heavy atom. The molecule has 0 aliphatic carbocycles. The fraction of sp³-hybridized carbons (Fsp3) is 0.0909. The number of amides is 1. The van der Waals surface area contributed by atoms with Crippen LogP contribution >= 0.6 is 11.6 Å². The molecule has 9 nitrogen and oxygen atoms in total. The highest BCUT2D eigenvalue weighted by Gasteiger charge is 2.27. The summed E-state index contributed by atoms with van der Waals surface area (Å²) in [4.78, 5) is 22.9. The predicted octanol–water partition coefficient (Wildman–Crippen LogP) is 3.90. The molecule has 0 saturated heterocycles. The molecule has 1 amide bonds. The van der Waals surface area contributed by atoms with Crippen LogP contribution in [0.25, 0.3) is 0 Å². The second-order valence-electron chi connectivity index (χ2n) is 6.92. The van der Waals surface area contributed by atoms with Gasteiger partial charge in [0.15, 0.2) is 0 Å². The largest absolute Gasteiger partial charge is 0.271 e. The number of nitro benzene ring substituents is 1. The molecule has 0 spiro atoms. The molecule has 0 atom stereocenters. The Morgan fingerprint density at radius 2 is 1.79 bits per heavy atom. The molecule has 11 heteroatoms. The highest BCUT2D eigenvalue weighted by molar-refractivity contribution is 7.92. The molecular formula is C22H19ClN4O5S. The van der Waals surface area contributed by atoms with E-state index in [4.69, 9.17) is 11.6 Å². The van der Waals surface area contributed by atoms with Crippen LogP contribution < -0.4 is 9.73 Å². The van der Waals surface area contributed by atoms with Crippen molar-refractivity contribution in [2.45, 2.75) is 11.8 Å². The topological polar surface area (TPSA) is 122 Å². The SMILES string of the molecule is Cc1ccc(S(=O)(=O)N(CC(=O)N/N=C\c2cc([N+](=O)[O-])ccc2Cl)c2ccccc2)cc1. The van der Waals surface area contributed by atoms with Gasteiger partial charge in [0.1, 0.15) is 6.54 Å². The molecule has 0 radical (unpaired) electrons. The van der Waals surface area contributed by atoms with Crippen LogP contribution in [0.4, 0.5) is 11.4 Å². The Balaban J connectivity index is 1.82. The first kappa shape index (κ1) is 23.9. The Kier molecular flexibility index (Phi) is 7.41. The van der Waals surface area contributed by atoms with Gasteiger partial charge < -0.3 is 0 Å². The summed E-state index contributed by atoms with van der Waals surface area (Å²) < 4.78 is 27.5. The van der Waals surface area contributed by atoms with Crippen molar-refractivity contribution in [2.75, 3.05) is 10.8 Å². The van der Waals surface area contributed by atoms with E-state index in [9.17, 15) is 23.3 Å². The fourth-order valence-corrected chi connectivity index (χ4v) is 4.42. The monoisotopic (exact) mass is 486 g/mol. The van der Waals surface area contributed by atoms with Gasteiger partial charge in [0.25, 0.3) is 21.6 Å². The third-order valence-corrected chi connectivity index (χ3v) is 6.66. The minimum absolute atomic E-state index is 0.0385. The summed E-state index contributed by atoms with van der Waals surface area (Å²) in [5, 5.41) is 14.9. The molecule has 0 fully saturated rings. The van der Waals surface area contributed by atoms with Gasteiger partial charge in [-0.15, -0.1) is 0 Å². The van der Waals surface area contributed by atoms with Crippen LogP contribution in [0.15, 0.2) is 82.8 Å². The third-order valence-electron chi connectivity index (χ3n) is 4.52. The number of sulfonamides is 1. The number of nitrogens with zero attached hydrogens (tertiary/aromatic N) is 3. The lowest BCUT2D eigenvalue weighted by molar-refractivity contribution is -0.384. The Labute approximate surface area is 195 Å². The summed E-state index contributed by atoms with van der Waals surface area (Å²) in [5.41, 5.74) is 3.47. The molecule has 1 N–H and O–H groups in total. The van der Waals surface area contributed by atoms with E-state index in [2.05, 4.69) is 10.5 Å². The minimum atomic E-state index is -4.04. The van der Waals surface area contributed by atoms with Gasteiger partial charge in [-0.2, -0.15) is 5.10 Å². The number of rotatable bonds is 8. The van der Waals surface area contributed by atoms with Crippen LogP contribution in [0.3, 0.4) is 0 Å². The molecule has 0 heterocycles. The van der Waals surface area contributed by atoms with Gasteiger partial charge in [-0.3, -0.25) is 19.2 Å². The van der Waals surface area contributed by atoms with Crippen LogP contribution in [0.1, 0.15) is 11.1 Å². The molecule has 0 aliphatic heterocycles. The lowest BCUT2D eigenvalue weighted by Gasteiger charge is -2.23. The van der Waals surface area contributed by atoms with E-state index < -0.39 is 27.4 Å². The van der Waals surface area contributed by atoms with Crippen molar-refractivity contribution in [1.29, 1.82) is 0 Å². The molecule has 0 aromatic heterocycles. The van der Waals surface area contributed by atoms with E-state index in [1.165, 1.54) is 30.3 Å². The van der Waals surface area contributed by atoms with Gasteiger partial charge >= 0.3 is 0 Å². The van der Waals surface area contributed by atoms with Crippen molar-refractivity contribution in [3.63, 3.8) is 0 Å². The van der Waals surface area contributed by atoms with Crippen LogP contribution in [-0.2, 0) is 14.8 Å². The highest BCUT2D eigenvalue weighted by Crippen LogP contribution is 2.24. The van der Waals surface area contributed by atoms with Crippen LogP contribution in [0, 0.1) is 17.0 Å². The maximum Gasteiger partial charge on any atom is 0.270 e. The smallest absolute Gasteiger partial charge is 0.270 e. The number of nitrogens with one attached hydrogen (secondary N) is 1. The standard InChI is InChI=1S/C22H19ClN4O5S/c1-16-7-10-20(11-8-16)33(31,32)26(18-5-3-2-4-6-18)15-22(28)25-24-14-17-13-19(27(29)30)9-12-21(17)23/h2-14H,15H2,1H3,(H,25,28)/b24-14-. The van der Waals surface area contributed by atoms with Crippen molar-refractivity contribution in [3.05, 3.63) is 99.1 Å². The quantitative estimate of drug-likeness (QED) is 0.294. The second kappa shape index (κ2) is 10.2. The van der Waals surface area contributed by atoms with E-state index in [0.717, 1.165) is 16.1 Å². The number of anilines is 1. The number of non-ortho nitro benzene ring substituents is 1. The van der Waals surface area contributed by atoms with Gasteiger partial charge in [0.2, 0.25) is 0 Å². The number of halogens is 1. The van der Waals surface area contributed by atoms with Crippen molar-refractivity contribution in [2.24, 2.45) is 5.10 Å². The van der Waals surface area contributed by atoms with E-state index in [1.807, 2.05) is 6.92 Å². The molecule has 0 bridgehead atoms. The molecule has 0 saturated carbocycles. The summed E-state index contributed by atoms with van der Waals surface area (Å²) in [6, 6.07) is 18.3. The van der Waals surface area contributed by atoms with Crippen molar-refractivity contribution >= 4 is 45.1 Å². The molecule has 0 aliphatic rings. The molecule has 3 aromatic carbocycles. The average molecular weight is 487 g/mol. The van der Waals surface area contributed by atoms with Gasteiger partial charge in [0, 0.05) is 22.7 Å². The number of carbonyl (C=O) groups is 1. The molecule has 3 aromatic rings. The van der Waals surface area contributed by atoms with Gasteiger partial charge in [-0.05, 0) is 37.3 Å². The van der Waals surface area contributed by atoms with E-state index in [-0.39, 0.29) is 21.2 Å². The van der Waals surface area contributed by atoms with Crippen molar-refractivity contribution < 1.29 is 18.1 Å². The third kappa shape index (κ3) is 5.93. The first-order valence-corrected chi connectivity index (χ1v) is 11.4. The van der Waals surface area contributed by atoms with Gasteiger partial charge in [-0.25, -0.2) is 13.8 Å². The molecular weight excluding hydrogens is 468 g/mol. The highest BCUT2D eigenvalue weighted by atomic mass is 35.5. The second-order valence-corrected chi connectivity index (χ2v) is 9.19. The Morgan fingerprint density at radius 1 is 1.12 bits per heavy atom. The summed E-state index contributed by atoms with van der Waals surface area (Å²) in [6.45, 7) is 1.30. The van der Waals surface area contributed by atoms with Crippen LogP contribution in [-0.4, -0.2) is 32.0 Å². The zero-order valence-corrected chi connectivity index (χ0v) is 19.0. The first-order chi connectivity index (χ1) is 15.7. The fourth-order valence-electron chi connectivity index (χ4n) is 2.83. The number of nitro groups is 1. The number of benzene rings is 3. The molecule has 170 valence electrons. The normalized spacial score (nSPS) is 11.3. The number of hydrogen-bond donors (Lipinski definition) is 1. The van der Waals surface area contributed by atoms with Crippen molar-refractivity contribution in [1.82, 2.24) is 5.43 Å². The van der Waals surface area contributed by atoms with E-state index >= 15 is 0 Å². The number of carbonyl (C=O) groups excluding carboxylic acids is 1. The summed E-state index contributed by atoms with van der Waals surface area (Å²) in [5.74, 6) is -0.715. The Bertz CT molecular complexity index is 1300. The number of hydrogen-bond acceptors (Lipinski definition) is 6. The predicted molar refractivity (Wildman–Crippen MR) is 126 cm³/mol. The van der Waals surface area contributed by atoms with Crippen LogP contribution in [0.2, 0.25) is 5.02 Å². The Hall–Kier alpha value is -3.76. The maximum atomic E-state index is 13.2. The zero-order chi connectivity index (χ0) is 24.0. The minimum Gasteiger partial charge on any atom is -0.271 e. The summed E-state index contributed by atoms with van der Waals surface area (Å²) in [7, 11) is -4.04. The maximum absolute atomic E-state index is 13.2. The lowest BCUT2D eigenvalue weighted by Crippen LogP contribution is -2.39. The number of para-hydroxylation sites is 1. The van der Waals surface area contributed by atoms with E-state index in [0.29, 0.717) is 5.69 Å². The van der Waals surface area contributed by atoms with Gasteiger partial charge in [-0.1, -0.05) is 47.5 Å². The first-order valence-electron chi connectivity index (χ1n) is 9.59. The van der Waals surface area contributed by atoms with Gasteiger partial charge in [0.05, 0.1) is 21.7 Å². The lowest BCUT2D eigenvalue weighted by atomic mass is 10.2. The summed E-state index contributed by atoms with van der Waals surface area (Å²) in [6.07, 6.45) is 1.15. The number of aryl methyl sites for hydroxylation is 1. The average Bonchev–Trinajstić information content (AvgIpc) is 2.79. The zero-order valence-electron chi connectivity index (χ0n) is 17.4. The molecule has 0 unspecified atom stereocenters.